The van der Waals surface area contributed by atoms with E-state index in [4.69, 9.17) is 14.6 Å². The number of aryl methyl sites for hydroxylation is 1. The van der Waals surface area contributed by atoms with Crippen LogP contribution in [0.1, 0.15) is 5.56 Å². The minimum Gasteiger partial charge on any atom is -0.387 e. The van der Waals surface area contributed by atoms with Gasteiger partial charge < -0.3 is 10.3 Å². The van der Waals surface area contributed by atoms with Crippen LogP contribution in [-0.4, -0.2) is 48.3 Å². The maximum atomic E-state index is 8.12. The van der Waals surface area contributed by atoms with Gasteiger partial charge in [0.05, 0.1) is 22.9 Å². The highest BCUT2D eigenvalue weighted by atomic mass is 16.2. The molecule has 10 heteroatoms. The monoisotopic (exact) mass is 554 g/mol. The Kier molecular flexibility index (Phi) is 8.47. The Labute approximate surface area is 240 Å². The van der Waals surface area contributed by atoms with E-state index in [-0.39, 0.29) is 6.15 Å². The number of benzene rings is 2. The van der Waals surface area contributed by atoms with Gasteiger partial charge in [-0.3, -0.25) is 20.1 Å². The molecule has 0 unspecified atom stereocenters. The van der Waals surface area contributed by atoms with E-state index in [1.165, 1.54) is 5.56 Å². The standard InChI is InChI=1S/C24H18N8.C7H8.CO2/c1-25-17-7-16(10-27-11-17)14-4-5-20-18(8-14)23(32-31-20)24-29-21-13-28-12-19(22(21)30-24)15-3-2-6-26-9-15;1-7-5-3-2-4-6-7;2-1-3/h2-13,25H,1H3,(H,29,30)(H,31,32);2-6H,1H3;. The molecule has 3 N–H and O–H groups in total. The van der Waals surface area contributed by atoms with Gasteiger partial charge in [0.15, 0.2) is 5.82 Å². The first-order valence-electron chi connectivity index (χ1n) is 13.0. The zero-order chi connectivity index (χ0) is 29.3. The summed E-state index contributed by atoms with van der Waals surface area (Å²) in [4.78, 5) is 37.4. The number of hydrogen-bond donors (Lipinski definition) is 3. The van der Waals surface area contributed by atoms with Crippen LogP contribution in [0, 0.1) is 6.92 Å². The van der Waals surface area contributed by atoms with E-state index in [1.807, 2.05) is 62.0 Å². The molecule has 10 nitrogen and oxygen atoms in total. The first kappa shape index (κ1) is 27.6. The van der Waals surface area contributed by atoms with Crippen LogP contribution in [0.15, 0.2) is 104 Å². The second kappa shape index (κ2) is 12.9. The predicted molar refractivity (Wildman–Crippen MR) is 161 cm³/mol. The topological polar surface area (TPSA) is 142 Å². The summed E-state index contributed by atoms with van der Waals surface area (Å²) in [6.45, 7) is 2.08. The van der Waals surface area contributed by atoms with Gasteiger partial charge in [-0.05, 0) is 36.8 Å². The Morgan fingerprint density at radius 3 is 2.26 bits per heavy atom. The van der Waals surface area contributed by atoms with Crippen LogP contribution in [0.2, 0.25) is 0 Å². The molecule has 0 atom stereocenters. The van der Waals surface area contributed by atoms with Gasteiger partial charge in [-0.15, -0.1) is 0 Å². The number of nitrogens with one attached hydrogen (secondary N) is 3. The van der Waals surface area contributed by atoms with Crippen molar-refractivity contribution in [2.24, 2.45) is 0 Å². The molecular formula is C32H26N8O2. The van der Waals surface area contributed by atoms with Crippen LogP contribution < -0.4 is 5.32 Å². The number of hydrogen-bond acceptors (Lipinski definition) is 8. The molecule has 0 aliphatic rings. The van der Waals surface area contributed by atoms with Crippen molar-refractivity contribution in [1.29, 1.82) is 0 Å². The summed E-state index contributed by atoms with van der Waals surface area (Å²) in [6.07, 6.45) is 11.1. The van der Waals surface area contributed by atoms with Crippen LogP contribution in [0.4, 0.5) is 5.69 Å². The summed E-state index contributed by atoms with van der Waals surface area (Å²) in [5, 5.41) is 11.8. The Hall–Kier alpha value is -5.99. The highest BCUT2D eigenvalue weighted by molar-refractivity contribution is 5.98. The molecule has 0 aliphatic heterocycles. The van der Waals surface area contributed by atoms with E-state index in [2.05, 4.69) is 72.7 Å². The summed E-state index contributed by atoms with van der Waals surface area (Å²) in [5.74, 6) is 0.684. The van der Waals surface area contributed by atoms with Crippen LogP contribution in [0.25, 0.3) is 55.7 Å². The molecule has 0 saturated heterocycles. The molecule has 7 rings (SSSR count). The van der Waals surface area contributed by atoms with Gasteiger partial charge in [0.2, 0.25) is 0 Å². The summed E-state index contributed by atoms with van der Waals surface area (Å²) in [7, 11) is 1.88. The van der Waals surface area contributed by atoms with E-state index in [9.17, 15) is 0 Å². The average molecular weight is 555 g/mol. The third-order valence-electron chi connectivity index (χ3n) is 6.45. The summed E-state index contributed by atoms with van der Waals surface area (Å²) < 4.78 is 0. The molecule has 0 fully saturated rings. The fraction of sp³-hybridized carbons (Fsp3) is 0.0625. The molecule has 5 heterocycles. The molecule has 5 aromatic heterocycles. The first-order chi connectivity index (χ1) is 20.6. The molecule has 2 aromatic carbocycles. The number of rotatable bonds is 4. The summed E-state index contributed by atoms with van der Waals surface area (Å²) in [6, 6.07) is 22.4. The summed E-state index contributed by atoms with van der Waals surface area (Å²) in [5.41, 5.74) is 9.63. The Bertz CT molecular complexity index is 1960. The number of aromatic nitrogens is 7. The van der Waals surface area contributed by atoms with Gasteiger partial charge in [0.25, 0.3) is 0 Å². The van der Waals surface area contributed by atoms with Gasteiger partial charge in [-0.2, -0.15) is 14.7 Å². The molecule has 42 heavy (non-hydrogen) atoms. The van der Waals surface area contributed by atoms with Gasteiger partial charge in [-0.25, -0.2) is 4.98 Å². The van der Waals surface area contributed by atoms with Crippen molar-refractivity contribution in [3.63, 3.8) is 0 Å². The SMILES string of the molecule is CNc1cncc(-c2ccc3[nH]nc(-c4nc5c(-c6cccnc6)cncc5[nH]4)c3c2)c1.Cc1ccccc1.O=C=O. The van der Waals surface area contributed by atoms with Crippen molar-refractivity contribution in [2.45, 2.75) is 6.92 Å². The molecular weight excluding hydrogens is 528 g/mol. The quantitative estimate of drug-likeness (QED) is 0.238. The zero-order valence-electron chi connectivity index (χ0n) is 22.9. The average Bonchev–Trinajstić information content (AvgIpc) is 3.66. The van der Waals surface area contributed by atoms with Crippen LogP contribution >= 0.6 is 0 Å². The molecule has 0 amide bonds. The lowest BCUT2D eigenvalue weighted by atomic mass is 10.0. The lowest BCUT2D eigenvalue weighted by molar-refractivity contribution is -0.191. The second-order valence-corrected chi connectivity index (χ2v) is 9.19. The molecule has 206 valence electrons. The molecule has 0 spiro atoms. The van der Waals surface area contributed by atoms with E-state index < -0.39 is 0 Å². The lowest BCUT2D eigenvalue weighted by Crippen LogP contribution is -1.90. The van der Waals surface area contributed by atoms with Crippen molar-refractivity contribution >= 4 is 33.8 Å². The third-order valence-corrected chi connectivity index (χ3v) is 6.45. The maximum Gasteiger partial charge on any atom is 0.373 e. The van der Waals surface area contributed by atoms with Crippen molar-refractivity contribution in [3.05, 3.63) is 109 Å². The van der Waals surface area contributed by atoms with Gasteiger partial charge in [-0.1, -0.05) is 48.0 Å². The van der Waals surface area contributed by atoms with E-state index in [1.54, 1.807) is 18.6 Å². The number of carbonyl (C=O) groups excluding carboxylic acids is 2. The molecule has 7 aromatic rings. The van der Waals surface area contributed by atoms with E-state index in [0.29, 0.717) is 5.82 Å². The molecule has 0 bridgehead atoms. The van der Waals surface area contributed by atoms with Crippen LogP contribution in [0.5, 0.6) is 0 Å². The number of aromatic amines is 2. The smallest absolute Gasteiger partial charge is 0.373 e. The number of anilines is 1. The maximum absolute atomic E-state index is 8.12. The predicted octanol–water partition coefficient (Wildman–Crippen LogP) is 6.08. The minimum atomic E-state index is 0.250. The number of nitrogens with zero attached hydrogens (tertiary/aromatic N) is 5. The molecule has 0 saturated carbocycles. The Morgan fingerprint density at radius 1 is 0.762 bits per heavy atom. The fourth-order valence-electron chi connectivity index (χ4n) is 4.42. The van der Waals surface area contributed by atoms with Gasteiger partial charge in [0, 0.05) is 60.1 Å². The number of fused-ring (bicyclic) bond motifs is 2. The Balaban J connectivity index is 0.000000303. The largest absolute Gasteiger partial charge is 0.387 e. The van der Waals surface area contributed by atoms with E-state index >= 15 is 0 Å². The lowest BCUT2D eigenvalue weighted by Gasteiger charge is -2.05. The van der Waals surface area contributed by atoms with Crippen LogP contribution in [0.3, 0.4) is 0 Å². The fourth-order valence-corrected chi connectivity index (χ4v) is 4.42. The highest BCUT2D eigenvalue weighted by Gasteiger charge is 2.16. The van der Waals surface area contributed by atoms with Crippen molar-refractivity contribution in [1.82, 2.24) is 35.1 Å². The van der Waals surface area contributed by atoms with Crippen molar-refractivity contribution < 1.29 is 9.59 Å². The Morgan fingerprint density at radius 2 is 1.55 bits per heavy atom. The number of H-pyrrole nitrogens is 2. The molecule has 0 aliphatic carbocycles. The zero-order valence-corrected chi connectivity index (χ0v) is 22.9. The second-order valence-electron chi connectivity index (χ2n) is 9.19. The minimum absolute atomic E-state index is 0.250. The van der Waals surface area contributed by atoms with Crippen LogP contribution in [-0.2, 0) is 9.59 Å². The van der Waals surface area contributed by atoms with Gasteiger partial charge in [0.1, 0.15) is 11.2 Å². The summed E-state index contributed by atoms with van der Waals surface area (Å²) >= 11 is 0. The number of pyridine rings is 3. The molecule has 0 radical (unpaired) electrons. The normalized spacial score (nSPS) is 10.2. The first-order valence-corrected chi connectivity index (χ1v) is 13.0. The van der Waals surface area contributed by atoms with E-state index in [0.717, 1.165) is 55.6 Å². The number of imidazole rings is 1. The third kappa shape index (κ3) is 6.09. The highest BCUT2D eigenvalue weighted by Crippen LogP contribution is 2.32. The van der Waals surface area contributed by atoms with Crippen molar-refractivity contribution in [3.8, 4) is 33.8 Å². The van der Waals surface area contributed by atoms with Gasteiger partial charge >= 0.3 is 6.15 Å². The van der Waals surface area contributed by atoms with Crippen molar-refractivity contribution in [2.75, 3.05) is 12.4 Å².